The fourth-order valence-electron chi connectivity index (χ4n) is 4.72. The van der Waals surface area contributed by atoms with Crippen LogP contribution >= 0.6 is 0 Å². The molecule has 2 atom stereocenters. The Morgan fingerprint density at radius 2 is 2.11 bits per heavy atom. The molecular formula is C21H29FN2O3. The number of amides is 1. The highest BCUT2D eigenvalue weighted by Crippen LogP contribution is 2.42. The summed E-state index contributed by atoms with van der Waals surface area (Å²) in [6.45, 7) is 6.46. The first-order chi connectivity index (χ1) is 12.9. The number of carbonyl (C=O) groups is 1. The van der Waals surface area contributed by atoms with Gasteiger partial charge in [-0.15, -0.1) is 0 Å². The predicted molar refractivity (Wildman–Crippen MR) is 100 cm³/mol. The molecule has 1 aromatic rings. The highest BCUT2D eigenvalue weighted by atomic mass is 19.1. The van der Waals surface area contributed by atoms with Gasteiger partial charge in [-0.3, -0.25) is 9.69 Å². The Kier molecular flexibility index (Phi) is 5.23. The average molecular weight is 376 g/mol. The second-order valence-electron chi connectivity index (χ2n) is 8.60. The fraction of sp³-hybridized carbons (Fsp3) is 0.667. The standard InChI is InChI=1S/C21H29FN2O3/c1-15-2-3-16(10-19(15)22)20(26)24-8-5-21(6-9-24)11-18(27-14-21)13-23-7-4-17(25)12-23/h2-3,10,17-18,25H,4-9,11-14H2,1H3/t17-,18+/m1/s1. The normalized spacial score (nSPS) is 28.2. The van der Waals surface area contributed by atoms with Crippen molar-refractivity contribution in [1.82, 2.24) is 9.80 Å². The van der Waals surface area contributed by atoms with Gasteiger partial charge in [-0.25, -0.2) is 4.39 Å². The van der Waals surface area contributed by atoms with Gasteiger partial charge in [0.1, 0.15) is 5.82 Å². The number of hydrogen-bond donors (Lipinski definition) is 1. The molecule has 6 heteroatoms. The molecule has 5 nitrogen and oxygen atoms in total. The molecule has 1 spiro atoms. The Morgan fingerprint density at radius 3 is 2.78 bits per heavy atom. The second-order valence-corrected chi connectivity index (χ2v) is 8.60. The van der Waals surface area contributed by atoms with Gasteiger partial charge in [0.25, 0.3) is 5.91 Å². The van der Waals surface area contributed by atoms with E-state index in [-0.39, 0.29) is 29.3 Å². The molecule has 4 rings (SSSR count). The van der Waals surface area contributed by atoms with Crippen LogP contribution in [0, 0.1) is 18.2 Å². The van der Waals surface area contributed by atoms with Crippen LogP contribution in [0.2, 0.25) is 0 Å². The van der Waals surface area contributed by atoms with E-state index < -0.39 is 0 Å². The predicted octanol–water partition coefficient (Wildman–Crippen LogP) is 2.21. The van der Waals surface area contributed by atoms with Gasteiger partial charge in [0.2, 0.25) is 0 Å². The summed E-state index contributed by atoms with van der Waals surface area (Å²) in [5.41, 5.74) is 1.16. The number of aliphatic hydroxyl groups excluding tert-OH is 1. The number of rotatable bonds is 3. The third-order valence-electron chi connectivity index (χ3n) is 6.53. The minimum Gasteiger partial charge on any atom is -0.392 e. The average Bonchev–Trinajstić information content (AvgIpc) is 3.24. The van der Waals surface area contributed by atoms with Gasteiger partial charge in [0.15, 0.2) is 0 Å². The Labute approximate surface area is 160 Å². The maximum absolute atomic E-state index is 13.8. The number of ether oxygens (including phenoxy) is 1. The summed E-state index contributed by atoms with van der Waals surface area (Å²) >= 11 is 0. The number of β-amino-alcohol motifs (C(OH)–C–C–N with tert-alkyl or cyclic N) is 1. The van der Waals surface area contributed by atoms with Crippen LogP contribution in [0.5, 0.6) is 0 Å². The first-order valence-electron chi connectivity index (χ1n) is 10.0. The van der Waals surface area contributed by atoms with Crippen molar-refractivity contribution in [3.8, 4) is 0 Å². The molecule has 1 N–H and O–H groups in total. The quantitative estimate of drug-likeness (QED) is 0.879. The van der Waals surface area contributed by atoms with E-state index in [1.807, 2.05) is 4.90 Å². The van der Waals surface area contributed by atoms with Crippen LogP contribution in [-0.2, 0) is 4.74 Å². The zero-order valence-electron chi connectivity index (χ0n) is 16.0. The van der Waals surface area contributed by atoms with Crippen molar-refractivity contribution >= 4 is 5.91 Å². The van der Waals surface area contributed by atoms with Gasteiger partial charge in [0.05, 0.1) is 18.8 Å². The molecule has 0 aromatic heterocycles. The monoisotopic (exact) mass is 376 g/mol. The smallest absolute Gasteiger partial charge is 0.253 e. The number of likely N-dealkylation sites (tertiary alicyclic amines) is 2. The minimum absolute atomic E-state index is 0.0785. The van der Waals surface area contributed by atoms with Gasteiger partial charge in [0, 0.05) is 38.3 Å². The Balaban J connectivity index is 1.31. The number of nitrogens with zero attached hydrogens (tertiary/aromatic N) is 2. The molecule has 1 aromatic carbocycles. The molecule has 0 unspecified atom stereocenters. The first-order valence-corrected chi connectivity index (χ1v) is 10.0. The molecule has 0 saturated carbocycles. The number of aliphatic hydroxyl groups is 1. The van der Waals surface area contributed by atoms with Crippen LogP contribution in [0.4, 0.5) is 4.39 Å². The van der Waals surface area contributed by atoms with Gasteiger partial charge in [-0.1, -0.05) is 6.07 Å². The highest BCUT2D eigenvalue weighted by Gasteiger charge is 2.43. The molecule has 3 fully saturated rings. The molecular weight excluding hydrogens is 347 g/mol. The van der Waals surface area contributed by atoms with Crippen molar-refractivity contribution in [2.24, 2.45) is 5.41 Å². The lowest BCUT2D eigenvalue weighted by Crippen LogP contribution is -2.43. The number of hydrogen-bond acceptors (Lipinski definition) is 4. The van der Waals surface area contributed by atoms with Crippen molar-refractivity contribution in [1.29, 1.82) is 0 Å². The molecule has 148 valence electrons. The summed E-state index contributed by atoms with van der Waals surface area (Å²) in [6, 6.07) is 4.73. The molecule has 0 aliphatic carbocycles. The van der Waals surface area contributed by atoms with E-state index >= 15 is 0 Å². The summed E-state index contributed by atoms with van der Waals surface area (Å²) in [5.74, 6) is -0.404. The third kappa shape index (κ3) is 4.03. The maximum Gasteiger partial charge on any atom is 0.253 e. The summed E-state index contributed by atoms with van der Waals surface area (Å²) in [6.07, 6.45) is 3.79. The van der Waals surface area contributed by atoms with Crippen LogP contribution in [0.3, 0.4) is 0 Å². The van der Waals surface area contributed by atoms with Crippen molar-refractivity contribution in [3.63, 3.8) is 0 Å². The summed E-state index contributed by atoms with van der Waals surface area (Å²) in [7, 11) is 0. The number of halogens is 1. The van der Waals surface area contributed by atoms with Gasteiger partial charge >= 0.3 is 0 Å². The lowest BCUT2D eigenvalue weighted by molar-refractivity contribution is 0.0451. The molecule has 1 amide bonds. The van der Waals surface area contributed by atoms with E-state index in [1.54, 1.807) is 19.1 Å². The van der Waals surface area contributed by atoms with E-state index in [0.29, 0.717) is 24.2 Å². The maximum atomic E-state index is 13.8. The first kappa shape index (κ1) is 18.8. The van der Waals surface area contributed by atoms with Crippen molar-refractivity contribution in [2.75, 3.05) is 39.3 Å². The minimum atomic E-state index is -0.326. The van der Waals surface area contributed by atoms with E-state index in [4.69, 9.17) is 4.74 Å². The summed E-state index contributed by atoms with van der Waals surface area (Å²) in [5, 5.41) is 9.68. The number of piperidine rings is 1. The highest BCUT2D eigenvalue weighted by molar-refractivity contribution is 5.94. The zero-order chi connectivity index (χ0) is 19.0. The Bertz CT molecular complexity index is 703. The molecule has 3 heterocycles. The Hall–Kier alpha value is -1.50. The lowest BCUT2D eigenvalue weighted by atomic mass is 9.76. The van der Waals surface area contributed by atoms with E-state index in [2.05, 4.69) is 4.90 Å². The molecule has 0 radical (unpaired) electrons. The SMILES string of the molecule is Cc1ccc(C(=O)N2CCC3(CC2)CO[C@H](CN2CC[C@@H](O)C2)C3)cc1F. The van der Waals surface area contributed by atoms with Crippen LogP contribution in [0.15, 0.2) is 18.2 Å². The van der Waals surface area contributed by atoms with E-state index in [1.165, 1.54) is 6.07 Å². The van der Waals surface area contributed by atoms with Crippen LogP contribution in [0.1, 0.15) is 41.6 Å². The number of benzene rings is 1. The molecule has 0 bridgehead atoms. The number of carbonyl (C=O) groups excluding carboxylic acids is 1. The molecule has 27 heavy (non-hydrogen) atoms. The van der Waals surface area contributed by atoms with Gasteiger partial charge in [-0.2, -0.15) is 0 Å². The molecule has 3 aliphatic rings. The van der Waals surface area contributed by atoms with E-state index in [9.17, 15) is 14.3 Å². The van der Waals surface area contributed by atoms with Crippen molar-refractivity contribution in [2.45, 2.75) is 44.8 Å². The van der Waals surface area contributed by atoms with Crippen LogP contribution in [0.25, 0.3) is 0 Å². The van der Waals surface area contributed by atoms with Crippen LogP contribution in [-0.4, -0.2) is 72.4 Å². The second kappa shape index (κ2) is 7.49. The molecule has 3 saturated heterocycles. The van der Waals surface area contributed by atoms with Crippen molar-refractivity contribution in [3.05, 3.63) is 35.1 Å². The Morgan fingerprint density at radius 1 is 1.33 bits per heavy atom. The largest absolute Gasteiger partial charge is 0.392 e. The number of aryl methyl sites for hydroxylation is 1. The van der Waals surface area contributed by atoms with Crippen molar-refractivity contribution < 1.29 is 19.0 Å². The van der Waals surface area contributed by atoms with E-state index in [0.717, 1.165) is 51.9 Å². The van der Waals surface area contributed by atoms with Gasteiger partial charge < -0.3 is 14.7 Å². The summed E-state index contributed by atoms with van der Waals surface area (Å²) < 4.78 is 19.9. The topological polar surface area (TPSA) is 53.0 Å². The summed E-state index contributed by atoms with van der Waals surface area (Å²) in [4.78, 5) is 16.8. The van der Waals surface area contributed by atoms with Gasteiger partial charge in [-0.05, 0) is 55.7 Å². The third-order valence-corrected chi connectivity index (χ3v) is 6.53. The molecule has 3 aliphatic heterocycles. The van der Waals surface area contributed by atoms with Crippen LogP contribution < -0.4 is 0 Å². The lowest BCUT2D eigenvalue weighted by Gasteiger charge is -2.38. The fourth-order valence-corrected chi connectivity index (χ4v) is 4.72. The zero-order valence-corrected chi connectivity index (χ0v) is 16.0.